The van der Waals surface area contributed by atoms with Crippen LogP contribution in [0.15, 0.2) is 12.1 Å². The van der Waals surface area contributed by atoms with Gasteiger partial charge in [-0.1, -0.05) is 23.2 Å². The number of ether oxygens (including phenoxy) is 1. The van der Waals surface area contributed by atoms with Crippen molar-refractivity contribution in [3.05, 3.63) is 27.7 Å². The van der Waals surface area contributed by atoms with E-state index in [-0.39, 0.29) is 6.10 Å². The van der Waals surface area contributed by atoms with Crippen LogP contribution in [-0.2, 0) is 11.3 Å². The van der Waals surface area contributed by atoms with Gasteiger partial charge in [-0.05, 0) is 56.3 Å². The van der Waals surface area contributed by atoms with E-state index in [0.29, 0.717) is 23.2 Å². The van der Waals surface area contributed by atoms with Crippen molar-refractivity contribution in [2.45, 2.75) is 38.3 Å². The first-order valence-corrected chi connectivity index (χ1v) is 8.95. The zero-order chi connectivity index (χ0) is 16.2. The Kier molecular flexibility index (Phi) is 5.67. The Hall–Kier alpha value is -0.970. The molecular weight excluding hydrogens is 335 g/mol. The number of nitrogens with one attached hydrogen (secondary N) is 1. The number of nitrogens with zero attached hydrogens (tertiary/aromatic N) is 1. The highest BCUT2D eigenvalue weighted by molar-refractivity contribution is 6.34. The van der Waals surface area contributed by atoms with Crippen molar-refractivity contribution in [2.75, 3.05) is 19.6 Å². The molecule has 1 aromatic carbocycles. The van der Waals surface area contributed by atoms with Gasteiger partial charge in [0, 0.05) is 24.2 Å². The first-order valence-electron chi connectivity index (χ1n) is 8.19. The molecule has 4 nitrogen and oxygen atoms in total. The van der Waals surface area contributed by atoms with Crippen molar-refractivity contribution in [2.24, 2.45) is 5.92 Å². The second kappa shape index (κ2) is 7.73. The van der Waals surface area contributed by atoms with Gasteiger partial charge in [-0.25, -0.2) is 0 Å². The van der Waals surface area contributed by atoms with Crippen LogP contribution < -0.4 is 10.1 Å². The van der Waals surface area contributed by atoms with Gasteiger partial charge in [0.25, 0.3) is 0 Å². The predicted molar refractivity (Wildman–Crippen MR) is 92.2 cm³/mol. The summed E-state index contributed by atoms with van der Waals surface area (Å²) in [6.07, 6.45) is 5.29. The van der Waals surface area contributed by atoms with E-state index >= 15 is 0 Å². The van der Waals surface area contributed by atoms with Crippen LogP contribution >= 0.6 is 23.2 Å². The summed E-state index contributed by atoms with van der Waals surface area (Å²) in [5.74, 6) is 1.16. The molecule has 0 unspecified atom stereocenters. The number of carbonyl (C=O) groups excluding carboxylic acids is 1. The summed E-state index contributed by atoms with van der Waals surface area (Å²) in [5.41, 5.74) is 1.06. The number of amides is 1. The molecule has 3 rings (SSSR count). The van der Waals surface area contributed by atoms with E-state index in [1.807, 2.05) is 12.1 Å². The highest BCUT2D eigenvalue weighted by Gasteiger charge is 2.31. The standard InChI is InChI=1S/C17H22Cl2N2O2/c18-15-8-17(23-14-5-12(6-14)9-20-11-22)16(19)7-13(15)10-21-3-1-2-4-21/h7-8,11-12,14H,1-6,9-10H2,(H,20,22). The van der Waals surface area contributed by atoms with Gasteiger partial charge in [-0.2, -0.15) is 0 Å². The van der Waals surface area contributed by atoms with E-state index in [9.17, 15) is 4.79 Å². The van der Waals surface area contributed by atoms with E-state index in [0.717, 1.165) is 49.5 Å². The van der Waals surface area contributed by atoms with Crippen molar-refractivity contribution < 1.29 is 9.53 Å². The van der Waals surface area contributed by atoms with Crippen LogP contribution in [0, 0.1) is 5.92 Å². The molecule has 0 bridgehead atoms. The third-order valence-corrected chi connectivity index (χ3v) is 5.32. The van der Waals surface area contributed by atoms with Crippen molar-refractivity contribution in [1.82, 2.24) is 10.2 Å². The van der Waals surface area contributed by atoms with Crippen LogP contribution in [0.25, 0.3) is 0 Å². The zero-order valence-corrected chi connectivity index (χ0v) is 14.6. The molecule has 1 aliphatic carbocycles. The second-order valence-corrected chi connectivity index (χ2v) is 7.28. The SMILES string of the molecule is O=CNCC1CC(Oc2cc(Cl)c(CN3CCCC3)cc2Cl)C1. The fourth-order valence-electron chi connectivity index (χ4n) is 3.29. The quantitative estimate of drug-likeness (QED) is 0.760. The molecule has 0 atom stereocenters. The number of halogens is 2. The molecule has 0 radical (unpaired) electrons. The number of rotatable bonds is 7. The zero-order valence-electron chi connectivity index (χ0n) is 13.1. The third kappa shape index (κ3) is 4.31. The summed E-state index contributed by atoms with van der Waals surface area (Å²) in [6.45, 7) is 3.82. The van der Waals surface area contributed by atoms with E-state index in [2.05, 4.69) is 10.2 Å². The van der Waals surface area contributed by atoms with Gasteiger partial charge in [0.1, 0.15) is 5.75 Å². The van der Waals surface area contributed by atoms with Crippen LogP contribution in [-0.4, -0.2) is 37.0 Å². The monoisotopic (exact) mass is 356 g/mol. The van der Waals surface area contributed by atoms with E-state index in [1.54, 1.807) is 0 Å². The number of hydrogen-bond donors (Lipinski definition) is 1. The Morgan fingerprint density at radius 3 is 2.65 bits per heavy atom. The highest BCUT2D eigenvalue weighted by Crippen LogP contribution is 2.37. The van der Waals surface area contributed by atoms with Crippen molar-refractivity contribution in [3.8, 4) is 5.75 Å². The van der Waals surface area contributed by atoms with Crippen LogP contribution in [0.5, 0.6) is 5.75 Å². The Morgan fingerprint density at radius 2 is 1.96 bits per heavy atom. The lowest BCUT2D eigenvalue weighted by Gasteiger charge is -2.35. The van der Waals surface area contributed by atoms with Crippen LogP contribution in [0.2, 0.25) is 10.0 Å². The smallest absolute Gasteiger partial charge is 0.207 e. The molecule has 0 aromatic heterocycles. The van der Waals surface area contributed by atoms with Gasteiger partial charge in [0.2, 0.25) is 6.41 Å². The Morgan fingerprint density at radius 1 is 1.22 bits per heavy atom. The lowest BCUT2D eigenvalue weighted by molar-refractivity contribution is -0.110. The van der Waals surface area contributed by atoms with Gasteiger partial charge in [0.05, 0.1) is 11.1 Å². The van der Waals surface area contributed by atoms with Gasteiger partial charge in [0.15, 0.2) is 0 Å². The van der Waals surface area contributed by atoms with Crippen LogP contribution in [0.3, 0.4) is 0 Å². The van der Waals surface area contributed by atoms with E-state index < -0.39 is 0 Å². The first kappa shape index (κ1) is 16.9. The summed E-state index contributed by atoms with van der Waals surface area (Å²) in [4.78, 5) is 12.7. The third-order valence-electron chi connectivity index (χ3n) is 4.67. The van der Waals surface area contributed by atoms with Crippen molar-refractivity contribution >= 4 is 29.6 Å². The molecule has 126 valence electrons. The average molecular weight is 357 g/mol. The van der Waals surface area contributed by atoms with E-state index in [4.69, 9.17) is 27.9 Å². The largest absolute Gasteiger partial charge is 0.489 e. The normalized spacial score (nSPS) is 24.3. The highest BCUT2D eigenvalue weighted by atomic mass is 35.5. The number of likely N-dealkylation sites (tertiary alicyclic amines) is 1. The lowest BCUT2D eigenvalue weighted by Crippen LogP contribution is -2.39. The minimum absolute atomic E-state index is 0.159. The van der Waals surface area contributed by atoms with Crippen molar-refractivity contribution in [1.29, 1.82) is 0 Å². The molecule has 2 fully saturated rings. The van der Waals surface area contributed by atoms with Gasteiger partial charge in [-0.3, -0.25) is 9.69 Å². The van der Waals surface area contributed by atoms with Crippen LogP contribution in [0.4, 0.5) is 0 Å². The minimum Gasteiger partial charge on any atom is -0.489 e. The maximum atomic E-state index is 10.3. The molecule has 1 amide bonds. The molecule has 1 heterocycles. The Balaban J connectivity index is 1.56. The topological polar surface area (TPSA) is 41.6 Å². The van der Waals surface area contributed by atoms with E-state index in [1.165, 1.54) is 12.8 Å². The minimum atomic E-state index is 0.159. The Labute approximate surface area is 147 Å². The molecular formula is C17H22Cl2N2O2. The summed E-state index contributed by atoms with van der Waals surface area (Å²) >= 11 is 12.8. The van der Waals surface area contributed by atoms with Gasteiger partial charge >= 0.3 is 0 Å². The molecule has 2 aliphatic rings. The lowest BCUT2D eigenvalue weighted by atomic mass is 9.82. The molecule has 1 aromatic rings. The molecule has 1 N–H and O–H groups in total. The first-order chi connectivity index (χ1) is 11.2. The molecule has 23 heavy (non-hydrogen) atoms. The summed E-state index contributed by atoms with van der Waals surface area (Å²) in [6, 6.07) is 3.77. The molecule has 0 spiro atoms. The number of hydrogen-bond acceptors (Lipinski definition) is 3. The predicted octanol–water partition coefficient (Wildman–Crippen LogP) is 3.49. The maximum Gasteiger partial charge on any atom is 0.207 e. The van der Waals surface area contributed by atoms with Crippen LogP contribution in [0.1, 0.15) is 31.2 Å². The summed E-state index contributed by atoms with van der Waals surface area (Å²) in [5, 5.41) is 4.05. The van der Waals surface area contributed by atoms with Gasteiger partial charge in [-0.15, -0.1) is 0 Å². The van der Waals surface area contributed by atoms with Gasteiger partial charge < -0.3 is 10.1 Å². The fraction of sp³-hybridized carbons (Fsp3) is 0.588. The van der Waals surface area contributed by atoms with Crippen molar-refractivity contribution in [3.63, 3.8) is 0 Å². The second-order valence-electron chi connectivity index (χ2n) is 6.46. The fourth-order valence-corrected chi connectivity index (χ4v) is 3.74. The average Bonchev–Trinajstić information content (AvgIpc) is 2.99. The molecule has 6 heteroatoms. The Bertz CT molecular complexity index is 556. The summed E-state index contributed by atoms with van der Waals surface area (Å²) in [7, 11) is 0. The summed E-state index contributed by atoms with van der Waals surface area (Å²) < 4.78 is 5.95. The molecule has 1 saturated carbocycles. The molecule has 1 saturated heterocycles. The number of carbonyl (C=O) groups is 1. The molecule has 1 aliphatic heterocycles. The number of benzene rings is 1. The maximum absolute atomic E-state index is 10.3.